The molecular weight excluding hydrogens is 424 g/mol. The van der Waals surface area contributed by atoms with Crippen molar-refractivity contribution in [3.05, 3.63) is 68.7 Å². The zero-order chi connectivity index (χ0) is 22.8. The minimum absolute atomic E-state index is 0.0715. The van der Waals surface area contributed by atoms with Crippen molar-refractivity contribution in [2.75, 3.05) is 11.9 Å². The Bertz CT molecular complexity index is 1060. The Morgan fingerprint density at radius 3 is 2.52 bits per heavy atom. The number of benzene rings is 2. The topological polar surface area (TPSA) is 122 Å². The summed E-state index contributed by atoms with van der Waals surface area (Å²) in [5, 5.41) is 16.0. The lowest BCUT2D eigenvalue weighted by molar-refractivity contribution is -0.384. The third kappa shape index (κ3) is 4.51. The van der Waals surface area contributed by atoms with Crippen molar-refractivity contribution < 1.29 is 19.3 Å². The number of nitro groups is 1. The molecule has 162 valence electrons. The quantitative estimate of drug-likeness (QED) is 0.384. The Kier molecular flexibility index (Phi) is 6.26. The first kappa shape index (κ1) is 22.2. The highest BCUT2D eigenvalue weighted by Gasteiger charge is 2.49. The molecule has 9 nitrogen and oxygen atoms in total. The third-order valence-corrected chi connectivity index (χ3v) is 5.39. The molecule has 2 N–H and O–H groups in total. The molecule has 1 aliphatic heterocycles. The molecule has 1 atom stereocenters. The molecule has 0 aromatic heterocycles. The van der Waals surface area contributed by atoms with Gasteiger partial charge >= 0.3 is 6.03 Å². The molecule has 2 aromatic rings. The largest absolute Gasteiger partial charge is 0.325 e. The van der Waals surface area contributed by atoms with E-state index in [1.807, 2.05) is 12.1 Å². The number of anilines is 1. The molecule has 10 heteroatoms. The van der Waals surface area contributed by atoms with E-state index in [-0.39, 0.29) is 16.4 Å². The molecule has 4 amide bonds. The smallest absolute Gasteiger partial charge is 0.324 e. The summed E-state index contributed by atoms with van der Waals surface area (Å²) in [6, 6.07) is 10.5. The number of nitrogens with zero attached hydrogens (tertiary/aromatic N) is 2. The maximum Gasteiger partial charge on any atom is 0.325 e. The summed E-state index contributed by atoms with van der Waals surface area (Å²) in [7, 11) is 0. The van der Waals surface area contributed by atoms with Crippen LogP contribution in [0.3, 0.4) is 0 Å². The van der Waals surface area contributed by atoms with Crippen LogP contribution < -0.4 is 10.6 Å². The summed E-state index contributed by atoms with van der Waals surface area (Å²) >= 11 is 5.76. The normalized spacial score (nSPS) is 18.1. The molecular formula is C21H21ClN4O5. The van der Waals surface area contributed by atoms with E-state index in [4.69, 9.17) is 11.6 Å². The minimum atomic E-state index is -1.29. The number of rotatable bonds is 7. The zero-order valence-corrected chi connectivity index (χ0v) is 17.7. The van der Waals surface area contributed by atoms with Gasteiger partial charge in [-0.05, 0) is 36.6 Å². The molecule has 1 heterocycles. The molecule has 1 saturated heterocycles. The summed E-state index contributed by atoms with van der Waals surface area (Å²) in [4.78, 5) is 48.9. The molecule has 0 aliphatic carbocycles. The number of imide groups is 1. The van der Waals surface area contributed by atoms with Crippen molar-refractivity contribution in [2.45, 2.75) is 32.2 Å². The standard InChI is InChI=1S/C21H21ClN4O5/c1-3-4-13-5-7-14(8-6-13)21(2)19(28)25(20(29)24-21)12-18(27)23-15-9-10-16(22)17(11-15)26(30)31/h5-11H,3-4,12H2,1-2H3,(H,23,27)(H,24,29). The molecule has 3 rings (SSSR count). The number of hydrogen-bond acceptors (Lipinski definition) is 5. The van der Waals surface area contributed by atoms with Gasteiger partial charge in [0.15, 0.2) is 0 Å². The molecule has 0 saturated carbocycles. The fourth-order valence-corrected chi connectivity index (χ4v) is 3.59. The lowest BCUT2D eigenvalue weighted by Gasteiger charge is -2.22. The number of nitrogens with one attached hydrogen (secondary N) is 2. The van der Waals surface area contributed by atoms with Crippen LogP contribution >= 0.6 is 11.6 Å². The molecule has 1 unspecified atom stereocenters. The van der Waals surface area contributed by atoms with Gasteiger partial charge in [0.2, 0.25) is 5.91 Å². The van der Waals surface area contributed by atoms with Crippen LogP contribution in [-0.4, -0.2) is 34.2 Å². The van der Waals surface area contributed by atoms with Gasteiger partial charge in [0.05, 0.1) is 4.92 Å². The van der Waals surface area contributed by atoms with Gasteiger partial charge < -0.3 is 10.6 Å². The summed E-state index contributed by atoms with van der Waals surface area (Å²) in [5.74, 6) is -1.24. The molecule has 2 aromatic carbocycles. The van der Waals surface area contributed by atoms with Gasteiger partial charge in [-0.2, -0.15) is 0 Å². The van der Waals surface area contributed by atoms with Crippen molar-refractivity contribution in [3.63, 3.8) is 0 Å². The highest BCUT2D eigenvalue weighted by atomic mass is 35.5. The first-order valence-corrected chi connectivity index (χ1v) is 10.0. The average molecular weight is 445 g/mol. The van der Waals surface area contributed by atoms with Crippen molar-refractivity contribution in [1.82, 2.24) is 10.2 Å². The van der Waals surface area contributed by atoms with Crippen LogP contribution in [0.4, 0.5) is 16.2 Å². The van der Waals surface area contributed by atoms with Crippen LogP contribution in [0.2, 0.25) is 5.02 Å². The Labute approximate surface area is 183 Å². The van der Waals surface area contributed by atoms with E-state index in [2.05, 4.69) is 17.6 Å². The van der Waals surface area contributed by atoms with Crippen LogP contribution in [0.25, 0.3) is 0 Å². The molecule has 0 bridgehead atoms. The highest BCUT2D eigenvalue weighted by molar-refractivity contribution is 6.32. The van der Waals surface area contributed by atoms with E-state index in [1.54, 1.807) is 19.1 Å². The number of nitro benzene ring substituents is 1. The Balaban J connectivity index is 1.73. The first-order valence-electron chi connectivity index (χ1n) is 9.63. The number of aryl methyl sites for hydroxylation is 1. The number of halogens is 1. The fraction of sp³-hybridized carbons (Fsp3) is 0.286. The van der Waals surface area contributed by atoms with Crippen LogP contribution in [0.15, 0.2) is 42.5 Å². The van der Waals surface area contributed by atoms with Gasteiger partial charge in [-0.1, -0.05) is 49.2 Å². The van der Waals surface area contributed by atoms with E-state index in [1.165, 1.54) is 12.1 Å². The summed E-state index contributed by atoms with van der Waals surface area (Å²) in [6.07, 6.45) is 1.90. The second-order valence-corrected chi connectivity index (χ2v) is 7.77. The third-order valence-electron chi connectivity index (χ3n) is 5.07. The summed E-state index contributed by atoms with van der Waals surface area (Å²) < 4.78 is 0. The van der Waals surface area contributed by atoms with Crippen LogP contribution in [0.5, 0.6) is 0 Å². The number of urea groups is 1. The van der Waals surface area contributed by atoms with Gasteiger partial charge in [-0.25, -0.2) is 4.79 Å². The van der Waals surface area contributed by atoms with E-state index in [0.29, 0.717) is 5.56 Å². The molecule has 0 radical (unpaired) electrons. The maximum absolute atomic E-state index is 13.0. The van der Waals surface area contributed by atoms with E-state index >= 15 is 0 Å². The fourth-order valence-electron chi connectivity index (χ4n) is 3.40. The SMILES string of the molecule is CCCc1ccc(C2(C)NC(=O)N(CC(=O)Nc3ccc(Cl)c([N+](=O)[O-])c3)C2=O)cc1. The van der Waals surface area contributed by atoms with Crippen molar-refractivity contribution in [1.29, 1.82) is 0 Å². The average Bonchev–Trinajstić information content (AvgIpc) is 2.94. The highest BCUT2D eigenvalue weighted by Crippen LogP contribution is 2.30. The van der Waals surface area contributed by atoms with E-state index in [9.17, 15) is 24.5 Å². The maximum atomic E-state index is 13.0. The monoisotopic (exact) mass is 444 g/mol. The van der Waals surface area contributed by atoms with E-state index < -0.39 is 34.9 Å². The van der Waals surface area contributed by atoms with Gasteiger partial charge in [-0.3, -0.25) is 24.6 Å². The number of carbonyl (C=O) groups is 3. The van der Waals surface area contributed by atoms with Crippen molar-refractivity contribution in [2.24, 2.45) is 0 Å². The number of amides is 4. The first-order chi connectivity index (χ1) is 14.7. The van der Waals surface area contributed by atoms with E-state index in [0.717, 1.165) is 29.4 Å². The predicted molar refractivity (Wildman–Crippen MR) is 115 cm³/mol. The van der Waals surface area contributed by atoms with Crippen LogP contribution in [0, 0.1) is 10.1 Å². The Hall–Kier alpha value is -3.46. The molecule has 1 aliphatic rings. The zero-order valence-electron chi connectivity index (χ0n) is 17.0. The van der Waals surface area contributed by atoms with Crippen LogP contribution in [-0.2, 0) is 21.5 Å². The van der Waals surface area contributed by atoms with Gasteiger partial charge in [0, 0.05) is 11.8 Å². The minimum Gasteiger partial charge on any atom is -0.324 e. The molecule has 0 spiro atoms. The molecule has 31 heavy (non-hydrogen) atoms. The Morgan fingerprint density at radius 1 is 1.23 bits per heavy atom. The lowest BCUT2D eigenvalue weighted by atomic mass is 9.91. The van der Waals surface area contributed by atoms with Crippen molar-refractivity contribution >= 4 is 40.8 Å². The second kappa shape index (κ2) is 8.73. The van der Waals surface area contributed by atoms with Crippen molar-refractivity contribution in [3.8, 4) is 0 Å². The summed E-state index contributed by atoms with van der Waals surface area (Å²) in [5.41, 5.74) is 0.207. The number of hydrogen-bond donors (Lipinski definition) is 2. The second-order valence-electron chi connectivity index (χ2n) is 7.36. The van der Waals surface area contributed by atoms with Gasteiger partial charge in [0.25, 0.3) is 11.6 Å². The number of carbonyl (C=O) groups excluding carboxylic acids is 3. The van der Waals surface area contributed by atoms with Gasteiger partial charge in [-0.15, -0.1) is 0 Å². The predicted octanol–water partition coefficient (Wildman–Crippen LogP) is 3.61. The van der Waals surface area contributed by atoms with Crippen LogP contribution in [0.1, 0.15) is 31.4 Å². The lowest BCUT2D eigenvalue weighted by Crippen LogP contribution is -2.42. The Morgan fingerprint density at radius 2 is 1.90 bits per heavy atom. The summed E-state index contributed by atoms with van der Waals surface area (Å²) in [6.45, 7) is 3.12. The van der Waals surface area contributed by atoms with Gasteiger partial charge in [0.1, 0.15) is 17.1 Å². The molecule has 1 fully saturated rings.